The quantitative estimate of drug-likeness (QED) is 0.305. The molecule has 0 saturated carbocycles. The van der Waals surface area contributed by atoms with Crippen LogP contribution in [0.1, 0.15) is 25.0 Å². The summed E-state index contributed by atoms with van der Waals surface area (Å²) in [7, 11) is 0. The van der Waals surface area contributed by atoms with Crippen LogP contribution >= 0.6 is 11.3 Å². The second-order valence-electron chi connectivity index (χ2n) is 5.74. The Hall–Kier alpha value is -4.39. The molecule has 0 bridgehead atoms. The van der Waals surface area contributed by atoms with Gasteiger partial charge in [-0.2, -0.15) is 9.78 Å². The van der Waals surface area contributed by atoms with E-state index < -0.39 is 11.9 Å². The summed E-state index contributed by atoms with van der Waals surface area (Å²) < 4.78 is 5.86. The molecule has 4 aromatic rings. The lowest BCUT2D eigenvalue weighted by atomic mass is 10.1. The fraction of sp³-hybridized carbons (Fsp3) is 0. The number of carbonyl (C=O) groups excluding carboxylic acids is 1. The number of thiophene rings is 1. The van der Waals surface area contributed by atoms with Crippen molar-refractivity contribution in [1.29, 1.82) is 0 Å². The van der Waals surface area contributed by atoms with Crippen LogP contribution < -0.4 is 11.2 Å². The smallest absolute Gasteiger partial charge is 0.345 e. The normalized spacial score (nSPS) is 11.1. The zero-order chi connectivity index (χ0) is 21.1. The molecule has 13 heteroatoms. The molecule has 4 N–H and O–H groups in total. The zero-order valence-corrected chi connectivity index (χ0v) is 15.8. The molecule has 4 rings (SSSR count). The SMILES string of the molecule is Nc1nonc1-n1nnc(C(=O)NN=Cc2ccc(C(=O)O)s2)c1-c1ccccc1. The van der Waals surface area contributed by atoms with Crippen LogP contribution in [0.25, 0.3) is 17.1 Å². The number of hydrazone groups is 1. The van der Waals surface area contributed by atoms with Crippen LogP contribution in [0.15, 0.2) is 52.2 Å². The van der Waals surface area contributed by atoms with Gasteiger partial charge in [0.2, 0.25) is 11.6 Å². The molecule has 3 aromatic heterocycles. The number of benzene rings is 1. The minimum atomic E-state index is -1.03. The second-order valence-corrected chi connectivity index (χ2v) is 6.86. The summed E-state index contributed by atoms with van der Waals surface area (Å²) in [6, 6.07) is 11.9. The Kier molecular flexibility index (Phi) is 5.00. The number of nitrogen functional groups attached to an aromatic ring is 1. The number of carboxylic acids is 1. The molecule has 0 radical (unpaired) electrons. The lowest BCUT2D eigenvalue weighted by molar-refractivity contribution is 0.0702. The van der Waals surface area contributed by atoms with Crippen molar-refractivity contribution in [1.82, 2.24) is 30.7 Å². The monoisotopic (exact) mass is 424 g/mol. The minimum Gasteiger partial charge on any atom is -0.477 e. The lowest BCUT2D eigenvalue weighted by Gasteiger charge is -2.05. The van der Waals surface area contributed by atoms with Crippen molar-refractivity contribution in [3.8, 4) is 17.1 Å². The highest BCUT2D eigenvalue weighted by atomic mass is 32.1. The Morgan fingerprint density at radius 3 is 2.67 bits per heavy atom. The van der Waals surface area contributed by atoms with Crippen molar-refractivity contribution in [2.75, 3.05) is 5.73 Å². The highest BCUT2D eigenvalue weighted by Crippen LogP contribution is 2.26. The molecule has 0 aliphatic rings. The predicted molar refractivity (Wildman–Crippen MR) is 105 cm³/mol. The number of anilines is 1. The van der Waals surface area contributed by atoms with E-state index >= 15 is 0 Å². The van der Waals surface area contributed by atoms with Crippen molar-refractivity contribution < 1.29 is 19.3 Å². The first-order valence-corrected chi connectivity index (χ1v) is 9.12. The lowest BCUT2D eigenvalue weighted by Crippen LogP contribution is -2.19. The predicted octanol–water partition coefficient (Wildman–Crippen LogP) is 1.42. The number of aromatic nitrogens is 5. The first kappa shape index (κ1) is 18.9. The maximum absolute atomic E-state index is 12.7. The third kappa shape index (κ3) is 3.64. The van der Waals surface area contributed by atoms with E-state index in [4.69, 9.17) is 10.8 Å². The van der Waals surface area contributed by atoms with Crippen molar-refractivity contribution >= 4 is 35.2 Å². The third-order valence-corrected chi connectivity index (χ3v) is 4.83. The zero-order valence-electron chi connectivity index (χ0n) is 15.0. The molecule has 0 unspecified atom stereocenters. The van der Waals surface area contributed by atoms with Gasteiger partial charge < -0.3 is 10.8 Å². The molecule has 0 atom stereocenters. The number of amides is 1. The minimum absolute atomic E-state index is 0.0195. The van der Waals surface area contributed by atoms with Gasteiger partial charge in [0.1, 0.15) is 10.6 Å². The van der Waals surface area contributed by atoms with E-state index in [9.17, 15) is 9.59 Å². The number of aromatic carboxylic acids is 1. The number of rotatable bonds is 6. The van der Waals surface area contributed by atoms with Gasteiger partial charge in [0, 0.05) is 10.4 Å². The molecule has 0 saturated heterocycles. The highest BCUT2D eigenvalue weighted by Gasteiger charge is 2.25. The highest BCUT2D eigenvalue weighted by molar-refractivity contribution is 7.15. The number of carboxylic acid groups (broad SMARTS) is 1. The Morgan fingerprint density at radius 1 is 1.20 bits per heavy atom. The molecule has 0 spiro atoms. The summed E-state index contributed by atoms with van der Waals surface area (Å²) in [6.07, 6.45) is 1.33. The van der Waals surface area contributed by atoms with E-state index in [0.29, 0.717) is 16.1 Å². The summed E-state index contributed by atoms with van der Waals surface area (Å²) in [5.74, 6) is -1.60. The van der Waals surface area contributed by atoms with Gasteiger partial charge in [0.15, 0.2) is 5.69 Å². The van der Waals surface area contributed by atoms with Gasteiger partial charge in [-0.05, 0) is 22.4 Å². The molecule has 1 aromatic carbocycles. The van der Waals surface area contributed by atoms with Crippen LogP contribution in [0, 0.1) is 0 Å². The Labute approximate surface area is 171 Å². The van der Waals surface area contributed by atoms with Gasteiger partial charge in [-0.3, -0.25) is 4.79 Å². The number of nitrogens with two attached hydrogens (primary N) is 1. The van der Waals surface area contributed by atoms with Crippen LogP contribution in [0.4, 0.5) is 5.82 Å². The summed E-state index contributed by atoms with van der Waals surface area (Å²) in [4.78, 5) is 24.3. The van der Waals surface area contributed by atoms with Gasteiger partial charge in [0.05, 0.1) is 6.21 Å². The summed E-state index contributed by atoms with van der Waals surface area (Å²) in [5.41, 5.74) is 9.02. The van der Waals surface area contributed by atoms with Crippen molar-refractivity contribution in [3.05, 3.63) is 57.9 Å². The first-order valence-electron chi connectivity index (χ1n) is 8.30. The van der Waals surface area contributed by atoms with Crippen molar-refractivity contribution in [3.63, 3.8) is 0 Å². The van der Waals surface area contributed by atoms with Crippen molar-refractivity contribution in [2.45, 2.75) is 0 Å². The molecular formula is C17H12N8O4S. The fourth-order valence-electron chi connectivity index (χ4n) is 2.52. The Bertz CT molecular complexity index is 1240. The van der Waals surface area contributed by atoms with E-state index in [1.165, 1.54) is 17.0 Å². The average molecular weight is 424 g/mol. The summed E-state index contributed by atoms with van der Waals surface area (Å²) in [6.45, 7) is 0. The van der Waals surface area contributed by atoms with Crippen LogP contribution in [0.2, 0.25) is 0 Å². The molecule has 0 aliphatic carbocycles. The summed E-state index contributed by atoms with van der Waals surface area (Å²) >= 11 is 1.02. The molecule has 30 heavy (non-hydrogen) atoms. The number of carbonyl (C=O) groups is 2. The molecular weight excluding hydrogens is 412 g/mol. The number of hydrogen-bond donors (Lipinski definition) is 3. The summed E-state index contributed by atoms with van der Waals surface area (Å²) in [5, 5.41) is 27.9. The van der Waals surface area contributed by atoms with Gasteiger partial charge in [-0.25, -0.2) is 14.8 Å². The largest absolute Gasteiger partial charge is 0.477 e. The van der Waals surface area contributed by atoms with E-state index in [0.717, 1.165) is 11.3 Å². The van der Waals surface area contributed by atoms with Crippen LogP contribution in [0.3, 0.4) is 0 Å². The molecule has 150 valence electrons. The van der Waals surface area contributed by atoms with E-state index in [1.54, 1.807) is 30.3 Å². The van der Waals surface area contributed by atoms with Crippen molar-refractivity contribution in [2.24, 2.45) is 5.10 Å². The number of hydrogen-bond acceptors (Lipinski definition) is 10. The van der Waals surface area contributed by atoms with E-state index in [-0.39, 0.29) is 22.2 Å². The fourth-order valence-corrected chi connectivity index (χ4v) is 3.24. The topological polar surface area (TPSA) is 174 Å². The van der Waals surface area contributed by atoms with E-state index in [1.807, 2.05) is 6.07 Å². The average Bonchev–Trinajstić information content (AvgIpc) is 3.47. The molecule has 0 fully saturated rings. The Morgan fingerprint density at radius 2 is 2.00 bits per heavy atom. The molecule has 1 amide bonds. The number of nitrogens with zero attached hydrogens (tertiary/aromatic N) is 6. The maximum Gasteiger partial charge on any atom is 0.345 e. The maximum atomic E-state index is 12.7. The van der Waals surface area contributed by atoms with Crippen LogP contribution in [0.5, 0.6) is 0 Å². The van der Waals surface area contributed by atoms with Crippen LogP contribution in [-0.2, 0) is 0 Å². The van der Waals surface area contributed by atoms with E-state index in [2.05, 4.69) is 35.8 Å². The van der Waals surface area contributed by atoms with Gasteiger partial charge in [-0.1, -0.05) is 35.5 Å². The first-order chi connectivity index (χ1) is 14.5. The van der Waals surface area contributed by atoms with Gasteiger partial charge >= 0.3 is 5.97 Å². The Balaban J connectivity index is 1.64. The second kappa shape index (κ2) is 7.92. The van der Waals surface area contributed by atoms with Gasteiger partial charge in [-0.15, -0.1) is 16.4 Å². The number of nitrogens with one attached hydrogen (secondary N) is 1. The van der Waals surface area contributed by atoms with Gasteiger partial charge in [0.25, 0.3) is 5.91 Å². The molecule has 0 aliphatic heterocycles. The third-order valence-electron chi connectivity index (χ3n) is 3.82. The standard InChI is InChI=1S/C17H12N8O4S/c18-14-15(23-29-22-14)25-13(9-4-2-1-3-5-9)12(20-24-25)16(26)21-19-8-10-6-7-11(30-10)17(27)28/h1-8H,(H2,18,22)(H,21,26)(H,27,28). The molecule has 12 nitrogen and oxygen atoms in total. The molecule has 3 heterocycles. The van der Waals surface area contributed by atoms with Crippen LogP contribution in [-0.4, -0.2) is 48.5 Å².